The van der Waals surface area contributed by atoms with Crippen LogP contribution < -0.4 is 10.6 Å². The number of carboxylic acid groups (broad SMARTS) is 1. The Morgan fingerprint density at radius 3 is 2.03 bits per heavy atom. The van der Waals surface area contributed by atoms with Gasteiger partial charge in [0.25, 0.3) is 0 Å². The van der Waals surface area contributed by atoms with Crippen molar-refractivity contribution < 1.29 is 24.2 Å². The Kier molecular flexibility index (Phi) is 6.95. The number of fused-ring (bicyclic) bond motifs is 3. The number of carboxylic acids is 1. The fraction of sp³-hybridized carbons (Fsp3) is 0.375. The zero-order chi connectivity index (χ0) is 22.5. The number of hydrogen-bond donors (Lipinski definition) is 3. The maximum absolute atomic E-state index is 12.4. The van der Waals surface area contributed by atoms with Gasteiger partial charge in [-0.1, -0.05) is 68.8 Å². The molecule has 0 saturated heterocycles. The van der Waals surface area contributed by atoms with Crippen molar-refractivity contribution in [3.8, 4) is 11.1 Å². The lowest BCUT2D eigenvalue weighted by Crippen LogP contribution is -2.52. The number of alkyl carbamates (subject to hydrolysis) is 1. The SMILES string of the molecule is CC[C@H](C)[C@H](NC(=O)[C@H](C)NC(=O)OCC1c2ccccc2-c2ccccc21)C(=O)O. The van der Waals surface area contributed by atoms with Crippen molar-refractivity contribution in [2.45, 2.75) is 45.2 Å². The van der Waals surface area contributed by atoms with Crippen LogP contribution in [0.5, 0.6) is 0 Å². The number of carbonyl (C=O) groups is 3. The molecule has 0 radical (unpaired) electrons. The first-order valence-corrected chi connectivity index (χ1v) is 10.5. The average Bonchev–Trinajstić information content (AvgIpc) is 3.08. The number of aliphatic carboxylic acids is 1. The van der Waals surface area contributed by atoms with E-state index in [-0.39, 0.29) is 18.4 Å². The molecule has 31 heavy (non-hydrogen) atoms. The van der Waals surface area contributed by atoms with E-state index < -0.39 is 30.1 Å². The number of amides is 2. The van der Waals surface area contributed by atoms with Crippen molar-refractivity contribution in [2.75, 3.05) is 6.61 Å². The van der Waals surface area contributed by atoms with Gasteiger partial charge in [0.2, 0.25) is 5.91 Å². The second kappa shape index (κ2) is 9.64. The van der Waals surface area contributed by atoms with Crippen molar-refractivity contribution in [2.24, 2.45) is 5.92 Å². The van der Waals surface area contributed by atoms with E-state index >= 15 is 0 Å². The van der Waals surface area contributed by atoms with Crippen LogP contribution in [0.4, 0.5) is 4.79 Å². The van der Waals surface area contributed by atoms with E-state index in [1.165, 1.54) is 6.92 Å². The number of ether oxygens (including phenoxy) is 1. The lowest BCUT2D eigenvalue weighted by atomic mass is 9.98. The molecule has 1 aliphatic carbocycles. The molecule has 7 heteroatoms. The van der Waals surface area contributed by atoms with Gasteiger partial charge in [0.1, 0.15) is 18.7 Å². The summed E-state index contributed by atoms with van der Waals surface area (Å²) < 4.78 is 5.44. The highest BCUT2D eigenvalue weighted by Crippen LogP contribution is 2.44. The number of hydrogen-bond acceptors (Lipinski definition) is 4. The Bertz CT molecular complexity index is 928. The first kappa shape index (κ1) is 22.3. The second-order valence-electron chi connectivity index (χ2n) is 7.90. The molecule has 2 amide bonds. The van der Waals surface area contributed by atoms with E-state index in [1.807, 2.05) is 43.3 Å². The lowest BCUT2D eigenvalue weighted by Gasteiger charge is -2.22. The summed E-state index contributed by atoms with van der Waals surface area (Å²) in [5, 5.41) is 14.3. The van der Waals surface area contributed by atoms with Gasteiger partial charge in [-0.3, -0.25) is 4.79 Å². The summed E-state index contributed by atoms with van der Waals surface area (Å²) in [6.45, 7) is 5.24. The molecule has 164 valence electrons. The van der Waals surface area contributed by atoms with Crippen LogP contribution in [0.2, 0.25) is 0 Å². The van der Waals surface area contributed by atoms with E-state index in [4.69, 9.17) is 4.74 Å². The average molecular weight is 424 g/mol. The summed E-state index contributed by atoms with van der Waals surface area (Å²) in [6, 6.07) is 14.1. The minimum Gasteiger partial charge on any atom is -0.480 e. The van der Waals surface area contributed by atoms with E-state index in [0.717, 1.165) is 22.3 Å². The third-order valence-electron chi connectivity index (χ3n) is 5.85. The zero-order valence-corrected chi connectivity index (χ0v) is 17.9. The van der Waals surface area contributed by atoms with Crippen LogP contribution in [0.1, 0.15) is 44.2 Å². The number of nitrogens with one attached hydrogen (secondary N) is 2. The maximum atomic E-state index is 12.4. The van der Waals surface area contributed by atoms with E-state index in [9.17, 15) is 19.5 Å². The molecule has 2 aromatic rings. The minimum absolute atomic E-state index is 0.0796. The van der Waals surface area contributed by atoms with E-state index in [1.54, 1.807) is 6.92 Å². The molecule has 0 saturated carbocycles. The Hall–Kier alpha value is -3.35. The van der Waals surface area contributed by atoms with Gasteiger partial charge in [0, 0.05) is 5.92 Å². The molecule has 0 bridgehead atoms. The maximum Gasteiger partial charge on any atom is 0.407 e. The van der Waals surface area contributed by atoms with Crippen molar-refractivity contribution >= 4 is 18.0 Å². The smallest absolute Gasteiger partial charge is 0.407 e. The van der Waals surface area contributed by atoms with Crippen LogP contribution in [0.15, 0.2) is 48.5 Å². The first-order chi connectivity index (χ1) is 14.8. The van der Waals surface area contributed by atoms with Gasteiger partial charge in [0.05, 0.1) is 0 Å². The number of benzene rings is 2. The molecule has 0 unspecified atom stereocenters. The van der Waals surface area contributed by atoms with Gasteiger partial charge >= 0.3 is 12.1 Å². The Labute approximate surface area is 181 Å². The highest BCUT2D eigenvalue weighted by atomic mass is 16.5. The topological polar surface area (TPSA) is 105 Å². The number of rotatable bonds is 8. The van der Waals surface area contributed by atoms with Gasteiger partial charge in [-0.2, -0.15) is 0 Å². The van der Waals surface area contributed by atoms with Gasteiger partial charge in [-0.25, -0.2) is 9.59 Å². The summed E-state index contributed by atoms with van der Waals surface area (Å²) in [6.07, 6.45) is -0.120. The fourth-order valence-electron chi connectivity index (χ4n) is 3.84. The molecule has 0 aliphatic heterocycles. The quantitative estimate of drug-likeness (QED) is 0.601. The summed E-state index contributed by atoms with van der Waals surface area (Å²) >= 11 is 0. The van der Waals surface area contributed by atoms with Crippen LogP contribution in [-0.4, -0.2) is 41.8 Å². The first-order valence-electron chi connectivity index (χ1n) is 10.5. The van der Waals surface area contributed by atoms with Crippen LogP contribution in [0.3, 0.4) is 0 Å². The van der Waals surface area contributed by atoms with Gasteiger partial charge in [-0.15, -0.1) is 0 Å². The van der Waals surface area contributed by atoms with E-state index in [0.29, 0.717) is 6.42 Å². The molecule has 7 nitrogen and oxygen atoms in total. The van der Waals surface area contributed by atoms with E-state index in [2.05, 4.69) is 22.8 Å². The highest BCUT2D eigenvalue weighted by molar-refractivity contribution is 5.89. The van der Waals surface area contributed by atoms with Crippen molar-refractivity contribution in [1.29, 1.82) is 0 Å². The molecule has 0 aromatic heterocycles. The monoisotopic (exact) mass is 424 g/mol. The molecule has 3 N–H and O–H groups in total. The van der Waals surface area contributed by atoms with Gasteiger partial charge in [0.15, 0.2) is 0 Å². The van der Waals surface area contributed by atoms with Crippen LogP contribution in [-0.2, 0) is 14.3 Å². The summed E-state index contributed by atoms with van der Waals surface area (Å²) in [5.41, 5.74) is 4.45. The highest BCUT2D eigenvalue weighted by Gasteiger charge is 2.30. The van der Waals surface area contributed by atoms with Crippen molar-refractivity contribution in [3.63, 3.8) is 0 Å². The van der Waals surface area contributed by atoms with Crippen LogP contribution in [0.25, 0.3) is 11.1 Å². The molecule has 3 rings (SSSR count). The normalized spacial score (nSPS) is 15.2. The van der Waals surface area contributed by atoms with Gasteiger partial charge in [-0.05, 0) is 35.1 Å². The molecule has 1 aliphatic rings. The minimum atomic E-state index is -1.10. The summed E-state index contributed by atoms with van der Waals surface area (Å²) in [5.74, 6) is -1.98. The summed E-state index contributed by atoms with van der Waals surface area (Å²) in [4.78, 5) is 36.1. The molecular weight excluding hydrogens is 396 g/mol. The van der Waals surface area contributed by atoms with Crippen LogP contribution >= 0.6 is 0 Å². The zero-order valence-electron chi connectivity index (χ0n) is 17.9. The van der Waals surface area contributed by atoms with Crippen molar-refractivity contribution in [3.05, 3.63) is 59.7 Å². The van der Waals surface area contributed by atoms with Crippen LogP contribution in [0, 0.1) is 5.92 Å². The van der Waals surface area contributed by atoms with Crippen molar-refractivity contribution in [1.82, 2.24) is 10.6 Å². The standard InChI is InChI=1S/C24H28N2O5/c1-4-14(2)21(23(28)29)26-22(27)15(3)25-24(30)31-13-20-18-11-7-5-9-16(18)17-10-6-8-12-19(17)20/h5-12,14-15,20-21H,4,13H2,1-3H3,(H,25,30)(H,26,27)(H,28,29)/t14-,15-,21-/m0/s1. The third-order valence-corrected chi connectivity index (χ3v) is 5.85. The Morgan fingerprint density at radius 2 is 1.52 bits per heavy atom. The molecular formula is C24H28N2O5. The fourth-order valence-corrected chi connectivity index (χ4v) is 3.84. The number of carbonyl (C=O) groups excluding carboxylic acids is 2. The Balaban J connectivity index is 1.59. The second-order valence-corrected chi connectivity index (χ2v) is 7.90. The lowest BCUT2D eigenvalue weighted by molar-refractivity contribution is -0.143. The summed E-state index contributed by atoms with van der Waals surface area (Å²) in [7, 11) is 0. The predicted molar refractivity (Wildman–Crippen MR) is 117 cm³/mol. The molecule has 0 heterocycles. The molecule has 2 aromatic carbocycles. The third kappa shape index (κ3) is 4.87. The van der Waals surface area contributed by atoms with Gasteiger partial charge < -0.3 is 20.5 Å². The predicted octanol–water partition coefficient (Wildman–Crippen LogP) is 3.53. The molecule has 3 atom stereocenters. The molecule has 0 fully saturated rings. The Morgan fingerprint density at radius 1 is 0.968 bits per heavy atom. The largest absolute Gasteiger partial charge is 0.480 e. The molecule has 0 spiro atoms.